The molecule has 1 amide bonds. The summed E-state index contributed by atoms with van der Waals surface area (Å²) in [6.07, 6.45) is 1.58. The molecular formula is C16H16FN3O. The lowest BCUT2D eigenvalue weighted by atomic mass is 10.2. The molecule has 0 radical (unpaired) electrons. The van der Waals surface area contributed by atoms with Crippen LogP contribution in [0.15, 0.2) is 53.6 Å². The number of benzene rings is 2. The van der Waals surface area contributed by atoms with Gasteiger partial charge in [0.05, 0.1) is 12.8 Å². The van der Waals surface area contributed by atoms with Crippen LogP contribution in [0.3, 0.4) is 0 Å². The number of aryl methyl sites for hydroxylation is 1. The van der Waals surface area contributed by atoms with E-state index in [0.29, 0.717) is 5.69 Å². The number of hydrogen-bond donors (Lipinski definition) is 2. The van der Waals surface area contributed by atoms with Crippen molar-refractivity contribution in [3.8, 4) is 0 Å². The number of hydrogen-bond acceptors (Lipinski definition) is 3. The van der Waals surface area contributed by atoms with Gasteiger partial charge in [-0.2, -0.15) is 5.10 Å². The molecule has 21 heavy (non-hydrogen) atoms. The zero-order chi connectivity index (χ0) is 15.1. The maximum absolute atomic E-state index is 12.7. The van der Waals surface area contributed by atoms with E-state index in [2.05, 4.69) is 15.8 Å². The monoisotopic (exact) mass is 285 g/mol. The second-order valence-electron chi connectivity index (χ2n) is 4.56. The van der Waals surface area contributed by atoms with Crippen LogP contribution in [0.1, 0.15) is 11.1 Å². The van der Waals surface area contributed by atoms with Gasteiger partial charge in [0.1, 0.15) is 5.82 Å². The highest BCUT2D eigenvalue weighted by Gasteiger charge is 1.99. The van der Waals surface area contributed by atoms with Gasteiger partial charge in [-0.3, -0.25) is 4.79 Å². The van der Waals surface area contributed by atoms with Gasteiger partial charge < -0.3 is 5.32 Å². The molecule has 0 aromatic heterocycles. The molecule has 5 heteroatoms. The Bertz CT molecular complexity index is 621. The Morgan fingerprint density at radius 2 is 1.81 bits per heavy atom. The predicted molar refractivity (Wildman–Crippen MR) is 81.8 cm³/mol. The molecule has 0 aliphatic heterocycles. The average molecular weight is 285 g/mol. The van der Waals surface area contributed by atoms with Crippen molar-refractivity contribution in [2.45, 2.75) is 6.92 Å². The molecular weight excluding hydrogens is 269 g/mol. The summed E-state index contributed by atoms with van der Waals surface area (Å²) in [4.78, 5) is 11.6. The fourth-order valence-corrected chi connectivity index (χ4v) is 1.62. The van der Waals surface area contributed by atoms with Crippen molar-refractivity contribution in [2.24, 2.45) is 5.10 Å². The molecule has 0 saturated carbocycles. The lowest BCUT2D eigenvalue weighted by molar-refractivity contribution is -0.119. The zero-order valence-corrected chi connectivity index (χ0v) is 11.6. The molecule has 4 nitrogen and oxygen atoms in total. The smallest absolute Gasteiger partial charge is 0.259 e. The van der Waals surface area contributed by atoms with Gasteiger partial charge in [-0.1, -0.05) is 29.8 Å². The van der Waals surface area contributed by atoms with Crippen molar-refractivity contribution < 1.29 is 9.18 Å². The second kappa shape index (κ2) is 7.19. The largest absolute Gasteiger partial charge is 0.376 e. The minimum absolute atomic E-state index is 0.0663. The van der Waals surface area contributed by atoms with Gasteiger partial charge in [0, 0.05) is 5.69 Å². The topological polar surface area (TPSA) is 53.5 Å². The van der Waals surface area contributed by atoms with E-state index in [9.17, 15) is 9.18 Å². The lowest BCUT2D eigenvalue weighted by Gasteiger charge is -2.04. The molecule has 2 N–H and O–H groups in total. The summed E-state index contributed by atoms with van der Waals surface area (Å²) in [6, 6.07) is 13.6. The van der Waals surface area contributed by atoms with Crippen molar-refractivity contribution in [2.75, 3.05) is 11.9 Å². The number of amides is 1. The van der Waals surface area contributed by atoms with Gasteiger partial charge in [0.15, 0.2) is 0 Å². The highest BCUT2D eigenvalue weighted by molar-refractivity contribution is 5.84. The Balaban J connectivity index is 1.77. The van der Waals surface area contributed by atoms with E-state index in [-0.39, 0.29) is 18.3 Å². The van der Waals surface area contributed by atoms with Crippen molar-refractivity contribution in [1.82, 2.24) is 5.43 Å². The molecule has 0 bridgehead atoms. The fraction of sp³-hybridized carbons (Fsp3) is 0.125. The average Bonchev–Trinajstić information content (AvgIpc) is 2.49. The number of hydrazone groups is 1. The molecule has 0 spiro atoms. The predicted octanol–water partition coefficient (Wildman–Crippen LogP) is 2.70. The Hall–Kier alpha value is -2.69. The summed E-state index contributed by atoms with van der Waals surface area (Å²) in [5, 5.41) is 6.75. The van der Waals surface area contributed by atoms with E-state index in [1.54, 1.807) is 18.3 Å². The van der Waals surface area contributed by atoms with Crippen molar-refractivity contribution >= 4 is 17.8 Å². The Morgan fingerprint density at radius 3 is 2.48 bits per heavy atom. The standard InChI is InChI=1S/C16H16FN3O/c1-12-2-4-13(5-3-12)10-19-20-16(21)11-18-15-8-6-14(17)7-9-15/h2-10,18H,11H2,1H3,(H,20,21)/b19-10-. The highest BCUT2D eigenvalue weighted by Crippen LogP contribution is 2.07. The van der Waals surface area contributed by atoms with Gasteiger partial charge >= 0.3 is 0 Å². The SMILES string of the molecule is Cc1ccc(/C=N\NC(=O)CNc2ccc(F)cc2)cc1. The summed E-state index contributed by atoms with van der Waals surface area (Å²) in [5.74, 6) is -0.588. The van der Waals surface area contributed by atoms with E-state index in [4.69, 9.17) is 0 Å². The summed E-state index contributed by atoms with van der Waals surface area (Å²) < 4.78 is 12.7. The van der Waals surface area contributed by atoms with E-state index in [1.165, 1.54) is 17.7 Å². The quantitative estimate of drug-likeness (QED) is 0.655. The first-order chi connectivity index (χ1) is 10.1. The first-order valence-corrected chi connectivity index (χ1v) is 6.51. The van der Waals surface area contributed by atoms with Gasteiger partial charge in [0.25, 0.3) is 5.91 Å². The van der Waals surface area contributed by atoms with E-state index in [0.717, 1.165) is 5.56 Å². The second-order valence-corrected chi connectivity index (χ2v) is 4.56. The van der Waals surface area contributed by atoms with Gasteiger partial charge in [0.2, 0.25) is 0 Å². The maximum Gasteiger partial charge on any atom is 0.259 e. The van der Waals surface area contributed by atoms with Crippen molar-refractivity contribution in [1.29, 1.82) is 0 Å². The number of carbonyl (C=O) groups is 1. The maximum atomic E-state index is 12.7. The minimum atomic E-state index is -0.312. The van der Waals surface area contributed by atoms with Crippen LogP contribution in [-0.4, -0.2) is 18.7 Å². The number of nitrogens with one attached hydrogen (secondary N) is 2. The van der Waals surface area contributed by atoms with Crippen LogP contribution in [0.25, 0.3) is 0 Å². The van der Waals surface area contributed by atoms with Crippen LogP contribution in [0, 0.1) is 12.7 Å². The molecule has 0 aliphatic rings. The normalized spacial score (nSPS) is 10.6. The molecule has 2 rings (SSSR count). The Kier molecular flexibility index (Phi) is 5.04. The van der Waals surface area contributed by atoms with Gasteiger partial charge in [-0.05, 0) is 36.8 Å². The third-order valence-corrected chi connectivity index (χ3v) is 2.78. The zero-order valence-electron chi connectivity index (χ0n) is 11.6. The fourth-order valence-electron chi connectivity index (χ4n) is 1.62. The summed E-state index contributed by atoms with van der Waals surface area (Å²) in [7, 11) is 0. The van der Waals surface area contributed by atoms with E-state index >= 15 is 0 Å². The number of nitrogens with zero attached hydrogens (tertiary/aromatic N) is 1. The van der Waals surface area contributed by atoms with E-state index in [1.807, 2.05) is 31.2 Å². The molecule has 0 aliphatic carbocycles. The third kappa shape index (κ3) is 5.06. The lowest BCUT2D eigenvalue weighted by Crippen LogP contribution is -2.25. The van der Waals surface area contributed by atoms with Gasteiger partial charge in [-0.25, -0.2) is 9.82 Å². The van der Waals surface area contributed by atoms with E-state index < -0.39 is 0 Å². The van der Waals surface area contributed by atoms with Crippen LogP contribution >= 0.6 is 0 Å². The van der Waals surface area contributed by atoms with Crippen LogP contribution in [0.2, 0.25) is 0 Å². The van der Waals surface area contributed by atoms with Crippen molar-refractivity contribution in [3.63, 3.8) is 0 Å². The van der Waals surface area contributed by atoms with Crippen LogP contribution < -0.4 is 10.7 Å². The number of halogens is 1. The highest BCUT2D eigenvalue weighted by atomic mass is 19.1. The molecule has 0 saturated heterocycles. The molecule has 0 heterocycles. The number of rotatable bonds is 5. The summed E-state index contributed by atoms with van der Waals surface area (Å²) in [6.45, 7) is 2.07. The molecule has 0 unspecified atom stereocenters. The number of anilines is 1. The molecule has 108 valence electrons. The molecule has 0 atom stereocenters. The summed E-state index contributed by atoms with van der Waals surface area (Å²) in [5.41, 5.74) is 5.17. The molecule has 2 aromatic rings. The number of carbonyl (C=O) groups excluding carboxylic acids is 1. The molecule has 0 fully saturated rings. The van der Waals surface area contributed by atoms with Crippen LogP contribution in [-0.2, 0) is 4.79 Å². The Labute approximate surface area is 122 Å². The Morgan fingerprint density at radius 1 is 1.14 bits per heavy atom. The third-order valence-electron chi connectivity index (χ3n) is 2.78. The first kappa shape index (κ1) is 14.7. The van der Waals surface area contributed by atoms with Crippen molar-refractivity contribution in [3.05, 3.63) is 65.5 Å². The van der Waals surface area contributed by atoms with Crippen LogP contribution in [0.5, 0.6) is 0 Å². The summed E-state index contributed by atoms with van der Waals surface area (Å²) >= 11 is 0. The minimum Gasteiger partial charge on any atom is -0.376 e. The van der Waals surface area contributed by atoms with Crippen LogP contribution in [0.4, 0.5) is 10.1 Å². The first-order valence-electron chi connectivity index (χ1n) is 6.51. The van der Waals surface area contributed by atoms with Gasteiger partial charge in [-0.15, -0.1) is 0 Å². The molecule has 2 aromatic carbocycles.